The molecule has 1 aliphatic heterocycles. The lowest BCUT2D eigenvalue weighted by atomic mass is 10.2. The van der Waals surface area contributed by atoms with Gasteiger partial charge in [-0.05, 0) is 31.2 Å². The second-order valence-corrected chi connectivity index (χ2v) is 11.3. The first kappa shape index (κ1) is 25.2. The molecule has 0 amide bonds. The summed E-state index contributed by atoms with van der Waals surface area (Å²) in [5.74, 6) is -0.269. The molecule has 4 aromatic rings. The molecule has 0 unspecified atom stereocenters. The number of halogens is 3. The van der Waals surface area contributed by atoms with Crippen molar-refractivity contribution in [2.45, 2.75) is 24.9 Å². The van der Waals surface area contributed by atoms with Crippen LogP contribution in [0.25, 0.3) is 11.1 Å². The maximum absolute atomic E-state index is 13.7. The Morgan fingerprint density at radius 3 is 2.76 bits per heavy atom. The van der Waals surface area contributed by atoms with E-state index in [2.05, 4.69) is 44.2 Å². The first-order chi connectivity index (χ1) is 16.0. The van der Waals surface area contributed by atoms with Gasteiger partial charge in [-0.2, -0.15) is 4.57 Å². The van der Waals surface area contributed by atoms with E-state index in [9.17, 15) is 9.18 Å². The molecular weight excluding hydrogens is 577 g/mol. The van der Waals surface area contributed by atoms with E-state index in [-0.39, 0.29) is 23.8 Å². The van der Waals surface area contributed by atoms with Crippen molar-refractivity contribution in [3.05, 3.63) is 94.5 Å². The summed E-state index contributed by atoms with van der Waals surface area (Å²) in [6.07, 6.45) is 4.16. The molecule has 2 aromatic heterocycles. The van der Waals surface area contributed by atoms with Crippen LogP contribution in [0.4, 0.5) is 10.1 Å². The fourth-order valence-corrected chi connectivity index (χ4v) is 7.52. The Morgan fingerprint density at radius 2 is 2.00 bits per heavy atom. The van der Waals surface area contributed by atoms with E-state index in [1.54, 1.807) is 17.4 Å². The quantitative estimate of drug-likeness (QED) is 0.334. The normalized spacial score (nSPS) is 14.9. The van der Waals surface area contributed by atoms with Crippen LogP contribution in [0.15, 0.2) is 68.2 Å². The number of hydrogen-bond donors (Lipinski definition) is 0. The van der Waals surface area contributed by atoms with Crippen molar-refractivity contribution < 1.29 is 21.4 Å². The van der Waals surface area contributed by atoms with Gasteiger partial charge in [0.15, 0.2) is 12.7 Å². The van der Waals surface area contributed by atoms with Gasteiger partial charge in [0.05, 0.1) is 17.1 Å². The summed E-state index contributed by atoms with van der Waals surface area (Å²) >= 11 is 8.22. The van der Waals surface area contributed by atoms with Crippen molar-refractivity contribution in [1.29, 1.82) is 0 Å². The highest BCUT2D eigenvalue weighted by Crippen LogP contribution is 2.45. The third-order valence-electron chi connectivity index (χ3n) is 5.48. The molecule has 3 heterocycles. The maximum atomic E-state index is 13.7. The van der Waals surface area contributed by atoms with Crippen LogP contribution in [0, 0.1) is 5.82 Å². The number of anilines is 1. The average molecular weight is 597 g/mol. The van der Waals surface area contributed by atoms with E-state index < -0.39 is 0 Å². The van der Waals surface area contributed by atoms with Crippen LogP contribution in [0.2, 0.25) is 0 Å². The molecule has 1 aliphatic rings. The van der Waals surface area contributed by atoms with Gasteiger partial charge in [-0.1, -0.05) is 57.2 Å². The van der Waals surface area contributed by atoms with Gasteiger partial charge in [0.25, 0.3) is 10.6 Å². The largest absolute Gasteiger partial charge is 1.00 e. The lowest BCUT2D eigenvalue weighted by Crippen LogP contribution is -3.00. The van der Waals surface area contributed by atoms with Gasteiger partial charge in [-0.15, -0.1) is 11.3 Å². The molecule has 0 spiro atoms. The summed E-state index contributed by atoms with van der Waals surface area (Å²) in [5, 5.41) is 3.98. The summed E-state index contributed by atoms with van der Waals surface area (Å²) in [6, 6.07) is 12.9. The standard InChI is InChI=1S/C24H20BrFN3OS3.ClH/c1-3-29-21(13-20-28(10-11-31-20)14-15-6-4-5-7-17(15)25)33-22(23(29)30)24-27(2)18-9-8-16(26)12-19(18)32-24;/h4-13H,3,14H2,1-2H3;1H/q+1;/p-1/b24-22+;. The minimum absolute atomic E-state index is 0. The van der Waals surface area contributed by atoms with Crippen LogP contribution >= 0.6 is 50.4 Å². The van der Waals surface area contributed by atoms with Crippen molar-refractivity contribution >= 4 is 67.2 Å². The minimum atomic E-state index is -0.269. The van der Waals surface area contributed by atoms with E-state index in [1.807, 2.05) is 41.6 Å². The summed E-state index contributed by atoms with van der Waals surface area (Å²) < 4.78 is 20.4. The summed E-state index contributed by atoms with van der Waals surface area (Å²) in [7, 11) is 1.93. The Hall–Kier alpha value is -1.91. The first-order valence-electron chi connectivity index (χ1n) is 10.3. The highest BCUT2D eigenvalue weighted by molar-refractivity contribution is 9.10. The zero-order chi connectivity index (χ0) is 23.1. The summed E-state index contributed by atoms with van der Waals surface area (Å²) in [5.41, 5.74) is 2.10. The Balaban J connectivity index is 0.00000274. The van der Waals surface area contributed by atoms with Crippen molar-refractivity contribution in [3.63, 3.8) is 0 Å². The molecular formula is C24H20BrClFN3OS3. The molecule has 2 aromatic carbocycles. The van der Waals surface area contributed by atoms with E-state index in [4.69, 9.17) is 0 Å². The molecule has 0 fully saturated rings. The zero-order valence-electron chi connectivity index (χ0n) is 18.3. The number of fused-ring (bicyclic) bond motifs is 1. The Morgan fingerprint density at radius 1 is 1.21 bits per heavy atom. The number of hydrogen-bond acceptors (Lipinski definition) is 5. The molecule has 0 bridgehead atoms. The number of aromatic nitrogens is 2. The van der Waals surface area contributed by atoms with Crippen molar-refractivity contribution in [2.75, 3.05) is 11.9 Å². The van der Waals surface area contributed by atoms with Gasteiger partial charge in [-0.25, -0.2) is 4.39 Å². The van der Waals surface area contributed by atoms with E-state index >= 15 is 0 Å². The van der Waals surface area contributed by atoms with Gasteiger partial charge in [0.2, 0.25) is 0 Å². The monoisotopic (exact) mass is 595 g/mol. The fraction of sp³-hybridized carbons (Fsp3) is 0.167. The van der Waals surface area contributed by atoms with E-state index in [0.29, 0.717) is 11.1 Å². The van der Waals surface area contributed by atoms with Crippen LogP contribution < -0.4 is 36.6 Å². The van der Waals surface area contributed by atoms with Crippen LogP contribution in [0.3, 0.4) is 0 Å². The van der Waals surface area contributed by atoms with Crippen molar-refractivity contribution in [3.8, 4) is 0 Å². The molecule has 0 saturated carbocycles. The molecule has 0 saturated heterocycles. The van der Waals surface area contributed by atoms with Crippen LogP contribution in [0.1, 0.15) is 17.5 Å². The first-order valence-corrected chi connectivity index (χ1v) is 13.6. The SMILES string of the molecule is CCn1c(=O)/c(=C2\Sc3cc(F)ccc3N2C)s/c1=C\c1scc[n+]1Cc1ccccc1Br.[Cl-]. The smallest absolute Gasteiger partial charge is 0.271 e. The molecule has 34 heavy (non-hydrogen) atoms. The number of nitrogens with zero attached hydrogens (tertiary/aromatic N) is 3. The second-order valence-electron chi connectivity index (χ2n) is 7.50. The number of benzene rings is 2. The molecule has 176 valence electrons. The number of thiazole rings is 2. The zero-order valence-corrected chi connectivity index (χ0v) is 23.1. The summed E-state index contributed by atoms with van der Waals surface area (Å²) in [6.45, 7) is 3.31. The van der Waals surface area contributed by atoms with Gasteiger partial charge >= 0.3 is 0 Å². The predicted molar refractivity (Wildman–Crippen MR) is 139 cm³/mol. The molecule has 0 atom stereocenters. The third-order valence-corrected chi connectivity index (χ3v) is 9.57. The highest BCUT2D eigenvalue weighted by Gasteiger charge is 2.25. The van der Waals surface area contributed by atoms with Gasteiger partial charge in [-0.3, -0.25) is 9.36 Å². The van der Waals surface area contributed by atoms with E-state index in [1.165, 1.54) is 40.8 Å². The average Bonchev–Trinajstić information content (AvgIpc) is 3.46. The van der Waals surface area contributed by atoms with Gasteiger partial charge in [0.1, 0.15) is 20.0 Å². The fourth-order valence-electron chi connectivity index (χ4n) is 3.77. The Bertz CT molecular complexity index is 1550. The molecule has 5 rings (SSSR count). The predicted octanol–water partition coefficient (Wildman–Crippen LogP) is 1.37. The van der Waals surface area contributed by atoms with Crippen LogP contribution in [-0.4, -0.2) is 11.6 Å². The number of rotatable bonds is 4. The number of thioether (sulfide) groups is 1. The topological polar surface area (TPSA) is 29.1 Å². The van der Waals surface area contributed by atoms with E-state index in [0.717, 1.165) is 36.3 Å². The third kappa shape index (κ3) is 4.64. The van der Waals surface area contributed by atoms with Gasteiger partial charge in [0, 0.05) is 28.5 Å². The molecule has 10 heteroatoms. The molecule has 4 nitrogen and oxygen atoms in total. The Kier molecular flexibility index (Phi) is 7.69. The molecule has 0 radical (unpaired) electrons. The minimum Gasteiger partial charge on any atom is -1.00 e. The lowest BCUT2D eigenvalue weighted by molar-refractivity contribution is -0.685. The summed E-state index contributed by atoms with van der Waals surface area (Å²) in [4.78, 5) is 16.1. The molecule has 0 aliphatic carbocycles. The van der Waals surface area contributed by atoms with Gasteiger partial charge < -0.3 is 17.3 Å². The Labute approximate surface area is 223 Å². The second kappa shape index (κ2) is 10.4. The van der Waals surface area contributed by atoms with Crippen LogP contribution in [0.5, 0.6) is 0 Å². The maximum Gasteiger partial charge on any atom is 0.271 e. The van der Waals surface area contributed by atoms with Crippen molar-refractivity contribution in [2.24, 2.45) is 0 Å². The van der Waals surface area contributed by atoms with Crippen LogP contribution in [-0.2, 0) is 13.1 Å². The van der Waals surface area contributed by atoms with Crippen molar-refractivity contribution in [1.82, 2.24) is 4.57 Å². The highest BCUT2D eigenvalue weighted by atomic mass is 79.9. The molecule has 0 N–H and O–H groups in total. The lowest BCUT2D eigenvalue weighted by Gasteiger charge is -2.12.